The number of carbonyl (C=O) groups is 2. The van der Waals surface area contributed by atoms with Crippen molar-refractivity contribution < 1.29 is 18.0 Å². The molecule has 7 nitrogen and oxygen atoms in total. The molecule has 0 radical (unpaired) electrons. The molecule has 1 saturated heterocycles. The second-order valence-corrected chi connectivity index (χ2v) is 10.00. The number of halogens is 1. The van der Waals surface area contributed by atoms with Crippen LogP contribution in [0.4, 0.5) is 17.1 Å². The van der Waals surface area contributed by atoms with Crippen molar-refractivity contribution >= 4 is 50.5 Å². The number of rotatable bonds is 4. The Morgan fingerprint density at radius 1 is 1.17 bits per heavy atom. The van der Waals surface area contributed by atoms with E-state index in [0.717, 1.165) is 18.4 Å². The maximum atomic E-state index is 12.8. The first-order chi connectivity index (χ1) is 14.2. The van der Waals surface area contributed by atoms with Crippen molar-refractivity contribution in [2.45, 2.75) is 19.3 Å². The van der Waals surface area contributed by atoms with E-state index in [1.165, 1.54) is 10.6 Å². The number of sulfonamides is 1. The molecular weight excluding hydrogens is 426 g/mol. The molecule has 2 aromatic carbocycles. The number of nitrogens with zero attached hydrogens (tertiary/aromatic N) is 2. The van der Waals surface area contributed by atoms with Gasteiger partial charge in [0.15, 0.2) is 0 Å². The molecule has 4 rings (SSSR count). The average molecular weight is 448 g/mol. The van der Waals surface area contributed by atoms with Crippen LogP contribution in [0.15, 0.2) is 42.5 Å². The molecule has 0 aliphatic carbocycles. The second-order valence-electron chi connectivity index (χ2n) is 7.65. The summed E-state index contributed by atoms with van der Waals surface area (Å²) in [6.07, 6.45) is 2.86. The van der Waals surface area contributed by atoms with Crippen molar-refractivity contribution in [3.8, 4) is 0 Å². The van der Waals surface area contributed by atoms with Gasteiger partial charge in [0, 0.05) is 35.9 Å². The van der Waals surface area contributed by atoms with Crippen molar-refractivity contribution in [2.24, 2.45) is 5.92 Å². The number of nitrogens with one attached hydrogen (secondary N) is 1. The lowest BCUT2D eigenvalue weighted by molar-refractivity contribution is -0.122. The molecule has 9 heteroatoms. The fraction of sp³-hybridized carbons (Fsp3) is 0.333. The van der Waals surface area contributed by atoms with Gasteiger partial charge in [0.2, 0.25) is 21.8 Å². The Kier molecular flexibility index (Phi) is 5.46. The van der Waals surface area contributed by atoms with Crippen LogP contribution in [0, 0.1) is 5.92 Å². The molecule has 1 atom stereocenters. The number of hydrogen-bond acceptors (Lipinski definition) is 4. The van der Waals surface area contributed by atoms with E-state index in [0.29, 0.717) is 28.6 Å². The lowest BCUT2D eigenvalue weighted by atomic mass is 10.0. The predicted molar refractivity (Wildman–Crippen MR) is 117 cm³/mol. The molecule has 2 heterocycles. The maximum absolute atomic E-state index is 12.8. The van der Waals surface area contributed by atoms with Gasteiger partial charge in [-0.3, -0.25) is 13.9 Å². The first-order valence-corrected chi connectivity index (χ1v) is 11.9. The molecule has 1 N–H and O–H groups in total. The molecular formula is C21H22ClN3O4S. The van der Waals surface area contributed by atoms with E-state index in [1.807, 2.05) is 6.07 Å². The Balaban J connectivity index is 1.49. The number of hydrogen-bond donors (Lipinski definition) is 1. The monoisotopic (exact) mass is 447 g/mol. The highest BCUT2D eigenvalue weighted by atomic mass is 35.5. The summed E-state index contributed by atoms with van der Waals surface area (Å²) in [5.41, 5.74) is 2.77. The fourth-order valence-corrected chi connectivity index (χ4v) is 5.08. The SMILES string of the molecule is CS(=O)(=O)N1CCCc2ccc(NC(=O)[C@H]3CC(=O)N(c4ccc(Cl)cc4)C3)cc21. The van der Waals surface area contributed by atoms with Crippen LogP contribution in [0.5, 0.6) is 0 Å². The number of aryl methyl sites for hydroxylation is 1. The zero-order valence-electron chi connectivity index (χ0n) is 16.5. The van der Waals surface area contributed by atoms with Crippen molar-refractivity contribution in [1.82, 2.24) is 0 Å². The molecule has 0 aromatic heterocycles. The van der Waals surface area contributed by atoms with Gasteiger partial charge in [-0.05, 0) is 54.8 Å². The van der Waals surface area contributed by atoms with Gasteiger partial charge < -0.3 is 10.2 Å². The van der Waals surface area contributed by atoms with Gasteiger partial charge in [-0.15, -0.1) is 0 Å². The highest BCUT2D eigenvalue weighted by Gasteiger charge is 2.35. The van der Waals surface area contributed by atoms with E-state index in [2.05, 4.69) is 5.32 Å². The smallest absolute Gasteiger partial charge is 0.232 e. The van der Waals surface area contributed by atoms with Crippen molar-refractivity contribution in [1.29, 1.82) is 0 Å². The minimum Gasteiger partial charge on any atom is -0.326 e. The second kappa shape index (κ2) is 7.92. The number of carbonyl (C=O) groups excluding carboxylic acids is 2. The highest BCUT2D eigenvalue weighted by Crippen LogP contribution is 2.32. The van der Waals surface area contributed by atoms with Crippen molar-refractivity contribution in [2.75, 3.05) is 33.9 Å². The van der Waals surface area contributed by atoms with Gasteiger partial charge in [0.05, 0.1) is 17.9 Å². The Labute approximate surface area is 180 Å². The molecule has 2 amide bonds. The zero-order chi connectivity index (χ0) is 21.5. The molecule has 158 valence electrons. The van der Waals surface area contributed by atoms with Crippen LogP contribution >= 0.6 is 11.6 Å². The van der Waals surface area contributed by atoms with Crippen LogP contribution < -0.4 is 14.5 Å². The number of fused-ring (bicyclic) bond motifs is 1. The minimum atomic E-state index is -3.39. The van der Waals surface area contributed by atoms with E-state index < -0.39 is 15.9 Å². The molecule has 2 aliphatic heterocycles. The standard InChI is InChI=1S/C21H22ClN3O4S/c1-30(28,29)25-10-2-3-14-4-7-17(12-19(14)25)23-21(27)15-11-20(26)24(13-15)18-8-5-16(22)6-9-18/h4-9,12,15H,2-3,10-11,13H2,1H3,(H,23,27)/t15-/m0/s1. The van der Waals surface area contributed by atoms with Crippen molar-refractivity contribution in [3.63, 3.8) is 0 Å². The van der Waals surface area contributed by atoms with Gasteiger partial charge in [0.1, 0.15) is 0 Å². The van der Waals surface area contributed by atoms with Gasteiger partial charge >= 0.3 is 0 Å². The van der Waals surface area contributed by atoms with Crippen LogP contribution in [-0.4, -0.2) is 39.6 Å². The molecule has 2 aliphatic rings. The summed E-state index contributed by atoms with van der Waals surface area (Å²) >= 11 is 5.90. The molecule has 1 fully saturated rings. The lowest BCUT2D eigenvalue weighted by Crippen LogP contribution is -2.34. The van der Waals surface area contributed by atoms with E-state index in [4.69, 9.17) is 11.6 Å². The van der Waals surface area contributed by atoms with Crippen LogP contribution in [0.3, 0.4) is 0 Å². The number of amides is 2. The molecule has 2 aromatic rings. The summed E-state index contributed by atoms with van der Waals surface area (Å²) in [7, 11) is -3.39. The third-order valence-electron chi connectivity index (χ3n) is 5.46. The van der Waals surface area contributed by atoms with Gasteiger partial charge in [-0.25, -0.2) is 8.42 Å². The molecule has 0 unspecified atom stereocenters. The highest BCUT2D eigenvalue weighted by molar-refractivity contribution is 7.92. The lowest BCUT2D eigenvalue weighted by Gasteiger charge is -2.29. The van der Waals surface area contributed by atoms with Crippen LogP contribution in [0.25, 0.3) is 0 Å². The van der Waals surface area contributed by atoms with E-state index in [9.17, 15) is 18.0 Å². The summed E-state index contributed by atoms with van der Waals surface area (Å²) < 4.78 is 25.6. The number of anilines is 3. The third kappa shape index (κ3) is 4.15. The molecule has 0 bridgehead atoms. The Morgan fingerprint density at radius 3 is 2.60 bits per heavy atom. The maximum Gasteiger partial charge on any atom is 0.232 e. The molecule has 0 saturated carbocycles. The Morgan fingerprint density at radius 2 is 1.90 bits per heavy atom. The first kappa shape index (κ1) is 20.7. The first-order valence-electron chi connectivity index (χ1n) is 9.70. The van der Waals surface area contributed by atoms with Crippen LogP contribution in [0.2, 0.25) is 5.02 Å². The van der Waals surface area contributed by atoms with E-state index in [1.54, 1.807) is 41.3 Å². The Bertz CT molecular complexity index is 1100. The van der Waals surface area contributed by atoms with Crippen LogP contribution in [-0.2, 0) is 26.0 Å². The van der Waals surface area contributed by atoms with Gasteiger partial charge in [-0.2, -0.15) is 0 Å². The van der Waals surface area contributed by atoms with E-state index in [-0.39, 0.29) is 24.8 Å². The van der Waals surface area contributed by atoms with Gasteiger partial charge in [0.25, 0.3) is 0 Å². The fourth-order valence-electron chi connectivity index (χ4n) is 3.96. The van der Waals surface area contributed by atoms with E-state index >= 15 is 0 Å². The topological polar surface area (TPSA) is 86.8 Å². The summed E-state index contributed by atoms with van der Waals surface area (Å²) in [6.45, 7) is 0.711. The molecule has 0 spiro atoms. The summed E-state index contributed by atoms with van der Waals surface area (Å²) in [5.74, 6) is -0.872. The average Bonchev–Trinajstić information content (AvgIpc) is 3.09. The summed E-state index contributed by atoms with van der Waals surface area (Å²) in [4.78, 5) is 26.8. The summed E-state index contributed by atoms with van der Waals surface area (Å²) in [5, 5.41) is 3.43. The zero-order valence-corrected chi connectivity index (χ0v) is 18.0. The minimum absolute atomic E-state index is 0.119. The molecule has 30 heavy (non-hydrogen) atoms. The summed E-state index contributed by atoms with van der Waals surface area (Å²) in [6, 6.07) is 12.2. The predicted octanol–water partition coefficient (Wildman–Crippen LogP) is 3.04. The third-order valence-corrected chi connectivity index (χ3v) is 6.90. The van der Waals surface area contributed by atoms with Gasteiger partial charge in [-0.1, -0.05) is 17.7 Å². The largest absolute Gasteiger partial charge is 0.326 e. The quantitative estimate of drug-likeness (QED) is 0.780. The number of benzene rings is 2. The van der Waals surface area contributed by atoms with Crippen molar-refractivity contribution in [3.05, 3.63) is 53.1 Å². The van der Waals surface area contributed by atoms with Crippen LogP contribution in [0.1, 0.15) is 18.4 Å². The normalized spacial score (nSPS) is 19.0. The Hall–Kier alpha value is -2.58.